The average molecular weight is 400 g/mol. The highest BCUT2D eigenvalue weighted by atomic mass is 79.9. The molecule has 1 aromatic carbocycles. The van der Waals surface area contributed by atoms with Crippen LogP contribution in [0.25, 0.3) is 11.3 Å². The molecular weight excluding hydrogens is 380 g/mol. The Morgan fingerprint density at radius 3 is 2.83 bits per heavy atom. The van der Waals surface area contributed by atoms with Gasteiger partial charge >= 0.3 is 0 Å². The number of likely N-dealkylation sites (N-methyl/N-ethyl adjacent to an activating group) is 1. The van der Waals surface area contributed by atoms with Gasteiger partial charge in [-0.3, -0.25) is 9.89 Å². The summed E-state index contributed by atoms with van der Waals surface area (Å²) in [5, 5.41) is 10.4. The van der Waals surface area contributed by atoms with Gasteiger partial charge in [-0.05, 0) is 38.1 Å². The van der Waals surface area contributed by atoms with Crippen LogP contribution in [0.15, 0.2) is 34.8 Å². The fourth-order valence-corrected chi connectivity index (χ4v) is 3.03. The van der Waals surface area contributed by atoms with Gasteiger partial charge in [-0.1, -0.05) is 28.1 Å². The normalized spacial score (nSPS) is 17.7. The Morgan fingerprint density at radius 2 is 2.13 bits per heavy atom. The number of amides is 1. The number of nitrogens with one attached hydrogen (secondary N) is 2. The largest absolute Gasteiger partial charge is 0.336 e. The number of aromatic amines is 1. The highest BCUT2D eigenvalue weighted by Gasteiger charge is 2.24. The highest BCUT2D eigenvalue weighted by Crippen LogP contribution is 2.21. The lowest BCUT2D eigenvalue weighted by molar-refractivity contribution is 0.0692. The first-order chi connectivity index (χ1) is 10.7. The van der Waals surface area contributed by atoms with Gasteiger partial charge in [0.15, 0.2) is 0 Å². The van der Waals surface area contributed by atoms with Crippen molar-refractivity contribution in [3.63, 3.8) is 0 Å². The molecule has 124 valence electrons. The van der Waals surface area contributed by atoms with Crippen LogP contribution in [0.4, 0.5) is 0 Å². The second kappa shape index (κ2) is 7.95. The lowest BCUT2D eigenvalue weighted by Gasteiger charge is -2.32. The molecule has 2 N–H and O–H groups in total. The summed E-state index contributed by atoms with van der Waals surface area (Å²) in [6, 6.07) is 10.1. The molecule has 2 heterocycles. The van der Waals surface area contributed by atoms with E-state index in [0.29, 0.717) is 11.7 Å². The fourth-order valence-electron chi connectivity index (χ4n) is 2.77. The molecule has 1 fully saturated rings. The zero-order chi connectivity index (χ0) is 15.5. The van der Waals surface area contributed by atoms with E-state index >= 15 is 0 Å². The van der Waals surface area contributed by atoms with Crippen molar-refractivity contribution in [1.82, 2.24) is 20.4 Å². The summed E-state index contributed by atoms with van der Waals surface area (Å²) < 4.78 is 1.02. The Hall–Kier alpha value is -1.37. The van der Waals surface area contributed by atoms with E-state index in [1.165, 1.54) is 0 Å². The van der Waals surface area contributed by atoms with E-state index in [9.17, 15) is 4.79 Å². The molecule has 0 radical (unpaired) electrons. The molecule has 0 saturated carbocycles. The van der Waals surface area contributed by atoms with Gasteiger partial charge < -0.3 is 10.2 Å². The maximum atomic E-state index is 12.6. The predicted octanol–water partition coefficient (Wildman–Crippen LogP) is 3.09. The van der Waals surface area contributed by atoms with E-state index in [-0.39, 0.29) is 18.3 Å². The number of benzene rings is 1. The van der Waals surface area contributed by atoms with Crippen molar-refractivity contribution >= 4 is 34.2 Å². The molecule has 1 aliphatic rings. The molecule has 1 amide bonds. The molecule has 3 rings (SSSR count). The number of hydrogen-bond acceptors (Lipinski definition) is 3. The second-order valence-corrected chi connectivity index (χ2v) is 6.47. The summed E-state index contributed by atoms with van der Waals surface area (Å²) in [4.78, 5) is 14.5. The van der Waals surface area contributed by atoms with E-state index in [0.717, 1.165) is 41.7 Å². The third kappa shape index (κ3) is 4.13. The number of piperidine rings is 1. The highest BCUT2D eigenvalue weighted by molar-refractivity contribution is 9.10. The van der Waals surface area contributed by atoms with E-state index < -0.39 is 0 Å². The number of carbonyl (C=O) groups excluding carboxylic acids is 1. The van der Waals surface area contributed by atoms with Crippen molar-refractivity contribution in [3.8, 4) is 11.3 Å². The zero-order valence-corrected chi connectivity index (χ0v) is 15.3. The van der Waals surface area contributed by atoms with E-state index in [4.69, 9.17) is 0 Å². The maximum absolute atomic E-state index is 12.6. The first-order valence-corrected chi connectivity index (χ1v) is 8.24. The van der Waals surface area contributed by atoms with Crippen LogP contribution < -0.4 is 5.32 Å². The van der Waals surface area contributed by atoms with Crippen molar-refractivity contribution in [1.29, 1.82) is 0 Å². The average Bonchev–Trinajstić information content (AvgIpc) is 3.05. The first kappa shape index (κ1) is 18.0. The van der Waals surface area contributed by atoms with Crippen molar-refractivity contribution in [2.75, 3.05) is 20.1 Å². The van der Waals surface area contributed by atoms with Gasteiger partial charge in [-0.25, -0.2) is 0 Å². The molecule has 1 atom stereocenters. The van der Waals surface area contributed by atoms with Crippen LogP contribution in [0.2, 0.25) is 0 Å². The summed E-state index contributed by atoms with van der Waals surface area (Å²) in [6.45, 7) is 1.56. The van der Waals surface area contributed by atoms with Crippen molar-refractivity contribution in [2.45, 2.75) is 18.9 Å². The molecule has 5 nitrogen and oxygen atoms in total. The summed E-state index contributed by atoms with van der Waals surface area (Å²) >= 11 is 3.42. The molecule has 1 unspecified atom stereocenters. The standard InChI is InChI=1S/C16H19BrN4O.ClH/c1-18-13-3-2-8-21(10-13)16(22)15-9-14(19-20-15)11-4-6-12(17)7-5-11;/h4-7,9,13,18H,2-3,8,10H2,1H3,(H,19,20);1H. The summed E-state index contributed by atoms with van der Waals surface area (Å²) in [5.74, 6) is 0.0239. The minimum Gasteiger partial charge on any atom is -0.336 e. The van der Waals surface area contributed by atoms with Gasteiger partial charge in [0.05, 0.1) is 5.69 Å². The summed E-state index contributed by atoms with van der Waals surface area (Å²) in [6.07, 6.45) is 2.15. The maximum Gasteiger partial charge on any atom is 0.271 e. The number of H-pyrrole nitrogens is 1. The van der Waals surface area contributed by atoms with Crippen LogP contribution >= 0.6 is 28.3 Å². The van der Waals surface area contributed by atoms with Crippen LogP contribution in [0.5, 0.6) is 0 Å². The number of hydrogen-bond donors (Lipinski definition) is 2. The summed E-state index contributed by atoms with van der Waals surface area (Å²) in [5.41, 5.74) is 2.33. The molecule has 0 spiro atoms. The molecule has 2 aromatic rings. The van der Waals surface area contributed by atoms with Gasteiger partial charge in [0.2, 0.25) is 0 Å². The predicted molar refractivity (Wildman–Crippen MR) is 97.0 cm³/mol. The molecule has 7 heteroatoms. The zero-order valence-electron chi connectivity index (χ0n) is 12.9. The number of aromatic nitrogens is 2. The van der Waals surface area contributed by atoms with Crippen LogP contribution in [-0.4, -0.2) is 47.2 Å². The Morgan fingerprint density at radius 1 is 1.39 bits per heavy atom. The van der Waals surface area contributed by atoms with E-state index in [1.807, 2.05) is 42.3 Å². The lowest BCUT2D eigenvalue weighted by atomic mass is 10.1. The monoisotopic (exact) mass is 398 g/mol. The molecular formula is C16H20BrClN4O. The SMILES string of the molecule is CNC1CCCN(C(=O)c2cc(-c3ccc(Br)cc3)n[nH]2)C1.Cl. The quantitative estimate of drug-likeness (QED) is 0.834. The topological polar surface area (TPSA) is 61.0 Å². The number of nitrogens with zero attached hydrogens (tertiary/aromatic N) is 2. The van der Waals surface area contributed by atoms with Crippen LogP contribution in [-0.2, 0) is 0 Å². The van der Waals surface area contributed by atoms with Gasteiger partial charge in [0.1, 0.15) is 5.69 Å². The molecule has 1 aromatic heterocycles. The van der Waals surface area contributed by atoms with Crippen molar-refractivity contribution in [3.05, 3.63) is 40.5 Å². The van der Waals surface area contributed by atoms with Crippen LogP contribution in [0.1, 0.15) is 23.3 Å². The van der Waals surface area contributed by atoms with Crippen molar-refractivity contribution in [2.24, 2.45) is 0 Å². The van der Waals surface area contributed by atoms with Gasteiger partial charge in [0.25, 0.3) is 5.91 Å². The third-order valence-electron chi connectivity index (χ3n) is 4.07. The Labute approximate surface area is 150 Å². The Bertz CT molecular complexity index is 658. The number of carbonyl (C=O) groups is 1. The fraction of sp³-hybridized carbons (Fsp3) is 0.375. The molecule has 1 saturated heterocycles. The third-order valence-corrected chi connectivity index (χ3v) is 4.59. The Balaban J connectivity index is 0.00000192. The minimum atomic E-state index is 0. The van der Waals surface area contributed by atoms with E-state index in [1.54, 1.807) is 0 Å². The number of rotatable bonds is 3. The molecule has 1 aliphatic heterocycles. The lowest BCUT2D eigenvalue weighted by Crippen LogP contribution is -2.47. The van der Waals surface area contributed by atoms with Crippen molar-refractivity contribution < 1.29 is 4.79 Å². The Kier molecular flexibility index (Phi) is 6.21. The van der Waals surface area contributed by atoms with Crippen LogP contribution in [0.3, 0.4) is 0 Å². The van der Waals surface area contributed by atoms with Gasteiger partial charge in [0, 0.05) is 29.2 Å². The molecule has 23 heavy (non-hydrogen) atoms. The first-order valence-electron chi connectivity index (χ1n) is 7.45. The smallest absolute Gasteiger partial charge is 0.271 e. The number of halogens is 2. The number of likely N-dealkylation sites (tertiary alicyclic amines) is 1. The van der Waals surface area contributed by atoms with Crippen LogP contribution in [0, 0.1) is 0 Å². The van der Waals surface area contributed by atoms with Gasteiger partial charge in [-0.2, -0.15) is 5.10 Å². The second-order valence-electron chi connectivity index (χ2n) is 5.55. The molecule has 0 aliphatic carbocycles. The minimum absolute atomic E-state index is 0. The van der Waals surface area contributed by atoms with Gasteiger partial charge in [-0.15, -0.1) is 12.4 Å². The molecule has 0 bridgehead atoms. The van der Waals surface area contributed by atoms with E-state index in [2.05, 4.69) is 31.4 Å². The summed E-state index contributed by atoms with van der Waals surface area (Å²) in [7, 11) is 1.94.